The maximum absolute atomic E-state index is 12.9. The molecule has 2 fully saturated rings. The molecule has 0 bridgehead atoms. The van der Waals surface area contributed by atoms with Gasteiger partial charge in [0, 0.05) is 45.6 Å². The Bertz CT molecular complexity index is 773. The second kappa shape index (κ2) is 17.6. The largest absolute Gasteiger partial charge is 0.501 e. The first-order chi connectivity index (χ1) is 19.1. The third kappa shape index (κ3) is 12.7. The predicted molar refractivity (Wildman–Crippen MR) is 157 cm³/mol. The van der Waals surface area contributed by atoms with Crippen LogP contribution in [0.5, 0.6) is 0 Å². The fraction of sp³-hybridized carbons (Fsp3) is 0.931. The number of carbonyl (C=O) groups is 1. The smallest absolute Gasteiger partial charge is 0.442 e. The van der Waals surface area contributed by atoms with Crippen LogP contribution < -0.4 is 5.32 Å². The number of piperidine rings is 1. The lowest BCUT2D eigenvalue weighted by atomic mass is 9.63. The molecule has 1 heterocycles. The Kier molecular flexibility index (Phi) is 15.3. The summed E-state index contributed by atoms with van der Waals surface area (Å²) >= 11 is 0. The highest BCUT2D eigenvalue weighted by Crippen LogP contribution is 2.46. The summed E-state index contributed by atoms with van der Waals surface area (Å²) in [5, 5.41) is 3.01. The van der Waals surface area contributed by atoms with Gasteiger partial charge in [0.1, 0.15) is 6.10 Å². The SMILES string of the molecule is CCO[Si](CCCOCC(CN1CCCCC1)OC(=O)NCC1(C)CC(N=C=O)CC(C)(C)C1)(OCC)OCC. The van der Waals surface area contributed by atoms with Gasteiger partial charge in [-0.3, -0.25) is 4.90 Å². The number of likely N-dealkylation sites (tertiary alicyclic amines) is 1. The fourth-order valence-corrected chi connectivity index (χ4v) is 9.10. The van der Waals surface area contributed by atoms with E-state index in [9.17, 15) is 9.59 Å². The van der Waals surface area contributed by atoms with Crippen molar-refractivity contribution in [3.63, 3.8) is 0 Å². The summed E-state index contributed by atoms with van der Waals surface area (Å²) in [6.07, 6.45) is 7.76. The summed E-state index contributed by atoms with van der Waals surface area (Å²) in [6, 6.07) is 0.615. The van der Waals surface area contributed by atoms with Crippen molar-refractivity contribution in [2.24, 2.45) is 15.8 Å². The lowest BCUT2D eigenvalue weighted by molar-refractivity contribution is -0.00313. The van der Waals surface area contributed by atoms with Crippen LogP contribution >= 0.6 is 0 Å². The van der Waals surface area contributed by atoms with Gasteiger partial charge in [-0.25, -0.2) is 14.6 Å². The number of hydrogen-bond donors (Lipinski definition) is 1. The number of ether oxygens (including phenoxy) is 2. The summed E-state index contributed by atoms with van der Waals surface area (Å²) in [5.41, 5.74) is -0.149. The molecule has 2 rings (SSSR count). The Hall–Kier alpha value is -1.33. The topological polar surface area (TPSA) is 108 Å². The number of hydrogen-bond acceptors (Lipinski definition) is 9. The molecule has 3 atom stereocenters. The summed E-state index contributed by atoms with van der Waals surface area (Å²) in [7, 11) is -2.70. The number of amides is 1. The van der Waals surface area contributed by atoms with Gasteiger partial charge in [0.2, 0.25) is 6.08 Å². The molecule has 1 amide bonds. The highest BCUT2D eigenvalue weighted by molar-refractivity contribution is 6.60. The molecule has 1 N–H and O–H groups in total. The minimum Gasteiger partial charge on any atom is -0.442 e. The van der Waals surface area contributed by atoms with E-state index in [1.54, 1.807) is 6.08 Å². The van der Waals surface area contributed by atoms with Crippen molar-refractivity contribution in [2.75, 3.05) is 59.2 Å². The molecule has 1 aliphatic heterocycles. The molecule has 232 valence electrons. The molecule has 2 aliphatic rings. The van der Waals surface area contributed by atoms with Crippen molar-refractivity contribution in [1.82, 2.24) is 10.2 Å². The quantitative estimate of drug-likeness (QED) is 0.104. The van der Waals surface area contributed by atoms with Crippen LogP contribution in [0.2, 0.25) is 6.04 Å². The van der Waals surface area contributed by atoms with E-state index < -0.39 is 14.9 Å². The molecule has 0 aromatic heterocycles. The van der Waals surface area contributed by atoms with E-state index in [1.165, 1.54) is 6.42 Å². The van der Waals surface area contributed by atoms with E-state index in [1.807, 2.05) is 20.8 Å². The Labute approximate surface area is 243 Å². The van der Waals surface area contributed by atoms with E-state index in [2.05, 4.69) is 36.0 Å². The molecule has 0 aromatic carbocycles. The van der Waals surface area contributed by atoms with Crippen molar-refractivity contribution in [1.29, 1.82) is 0 Å². The third-order valence-corrected chi connectivity index (χ3v) is 10.8. The van der Waals surface area contributed by atoms with Gasteiger partial charge in [0.25, 0.3) is 0 Å². The number of isocyanates is 1. The number of nitrogens with one attached hydrogen (secondary N) is 1. The van der Waals surface area contributed by atoms with Crippen LogP contribution in [0.15, 0.2) is 4.99 Å². The predicted octanol–water partition coefficient (Wildman–Crippen LogP) is 4.94. The number of alkyl carbamates (subject to hydrolysis) is 1. The molecule has 11 heteroatoms. The molecule has 0 radical (unpaired) electrons. The number of rotatable bonds is 18. The van der Waals surface area contributed by atoms with Crippen LogP contribution in [-0.2, 0) is 27.5 Å². The first-order valence-electron chi connectivity index (χ1n) is 15.3. The second-order valence-electron chi connectivity index (χ2n) is 12.3. The van der Waals surface area contributed by atoms with Crippen molar-refractivity contribution < 1.29 is 32.3 Å². The highest BCUT2D eigenvalue weighted by atomic mass is 28.4. The molecule has 1 saturated carbocycles. The van der Waals surface area contributed by atoms with Crippen molar-refractivity contribution >= 4 is 21.0 Å². The van der Waals surface area contributed by atoms with Gasteiger partial charge in [0.05, 0.1) is 12.6 Å². The maximum atomic E-state index is 12.9. The van der Waals surface area contributed by atoms with Gasteiger partial charge in [-0.1, -0.05) is 27.2 Å². The maximum Gasteiger partial charge on any atom is 0.501 e. The number of nitrogens with zero attached hydrogens (tertiary/aromatic N) is 2. The van der Waals surface area contributed by atoms with Crippen molar-refractivity contribution in [3.8, 4) is 0 Å². The molecular formula is C29H55N3O7Si. The summed E-state index contributed by atoms with van der Waals surface area (Å²) in [4.78, 5) is 30.2. The van der Waals surface area contributed by atoms with E-state index in [0.29, 0.717) is 52.2 Å². The van der Waals surface area contributed by atoms with E-state index in [4.69, 9.17) is 22.8 Å². The Morgan fingerprint density at radius 2 is 1.70 bits per heavy atom. The Morgan fingerprint density at radius 3 is 2.30 bits per heavy atom. The lowest BCUT2D eigenvalue weighted by Crippen LogP contribution is -2.47. The Morgan fingerprint density at radius 1 is 1.05 bits per heavy atom. The average Bonchev–Trinajstić information content (AvgIpc) is 2.87. The normalized spacial score (nSPS) is 24.2. The van der Waals surface area contributed by atoms with Gasteiger partial charge in [-0.15, -0.1) is 0 Å². The van der Waals surface area contributed by atoms with Crippen LogP contribution in [0.1, 0.15) is 86.5 Å². The highest BCUT2D eigenvalue weighted by Gasteiger charge is 2.42. The molecule has 0 aromatic rings. The van der Waals surface area contributed by atoms with E-state index >= 15 is 0 Å². The molecular weight excluding hydrogens is 530 g/mol. The number of aliphatic imine (C=N–C) groups is 1. The molecule has 0 spiro atoms. The summed E-state index contributed by atoms with van der Waals surface area (Å²) < 4.78 is 29.8. The Balaban J connectivity index is 1.90. The van der Waals surface area contributed by atoms with E-state index in [-0.39, 0.29) is 23.0 Å². The molecule has 3 unspecified atom stereocenters. The zero-order valence-corrected chi connectivity index (χ0v) is 26.9. The van der Waals surface area contributed by atoms with Crippen LogP contribution in [-0.4, -0.2) is 97.2 Å². The van der Waals surface area contributed by atoms with Crippen molar-refractivity contribution in [2.45, 2.75) is 105 Å². The van der Waals surface area contributed by atoms with Gasteiger partial charge in [-0.05, 0) is 83.2 Å². The average molecular weight is 586 g/mol. The van der Waals surface area contributed by atoms with Gasteiger partial charge in [-0.2, -0.15) is 0 Å². The van der Waals surface area contributed by atoms with Gasteiger partial charge < -0.3 is 28.1 Å². The van der Waals surface area contributed by atoms with Crippen LogP contribution in [0.4, 0.5) is 4.79 Å². The lowest BCUT2D eigenvalue weighted by Gasteiger charge is -2.45. The fourth-order valence-electron chi connectivity index (χ4n) is 6.52. The third-order valence-electron chi connectivity index (χ3n) is 7.67. The van der Waals surface area contributed by atoms with E-state index in [0.717, 1.165) is 51.6 Å². The monoisotopic (exact) mass is 585 g/mol. The minimum atomic E-state index is -2.70. The second-order valence-corrected chi connectivity index (χ2v) is 15.1. The molecule has 1 aliphatic carbocycles. The first kappa shape index (κ1) is 34.9. The zero-order valence-electron chi connectivity index (χ0n) is 25.9. The number of carbonyl (C=O) groups excluding carboxylic acids is 2. The van der Waals surface area contributed by atoms with Gasteiger partial charge >= 0.3 is 14.9 Å². The summed E-state index contributed by atoms with van der Waals surface area (Å²) in [5.74, 6) is 0. The standard InChI is InChI=1S/C29H55N3O7Si/c1-7-36-40(37-8-2,38-9-3)17-13-16-35-21-26(20-32-14-11-10-12-15-32)39-27(34)30-23-29(6)19-25(31-24-33)18-28(4,5)22-29/h25-26H,7-23H2,1-6H3,(H,30,34). The van der Waals surface area contributed by atoms with Crippen molar-refractivity contribution in [3.05, 3.63) is 0 Å². The van der Waals surface area contributed by atoms with Crippen LogP contribution in [0.25, 0.3) is 0 Å². The van der Waals surface area contributed by atoms with Crippen LogP contribution in [0, 0.1) is 10.8 Å². The van der Waals surface area contributed by atoms with Gasteiger partial charge in [0.15, 0.2) is 0 Å². The zero-order chi connectivity index (χ0) is 29.5. The molecule has 1 saturated heterocycles. The summed E-state index contributed by atoms with van der Waals surface area (Å²) in [6.45, 7) is 18.0. The van der Waals surface area contributed by atoms with Crippen LogP contribution in [0.3, 0.4) is 0 Å². The molecule has 10 nitrogen and oxygen atoms in total. The minimum absolute atomic E-state index is 0.0290. The first-order valence-corrected chi connectivity index (χ1v) is 17.2. The molecule has 40 heavy (non-hydrogen) atoms.